The minimum Gasteiger partial charge on any atom is -0.457 e. The van der Waals surface area contributed by atoms with Crippen molar-refractivity contribution in [3.63, 3.8) is 0 Å². The van der Waals surface area contributed by atoms with Crippen LogP contribution in [0.3, 0.4) is 0 Å². The maximum absolute atomic E-state index is 13.0. The van der Waals surface area contributed by atoms with Gasteiger partial charge in [-0.2, -0.15) is 18.4 Å². The average Bonchev–Trinajstić information content (AvgIpc) is 3.17. The number of aliphatic hydroxyl groups excluding tert-OH is 1. The number of hydrogen-bond acceptors (Lipinski definition) is 4. The molecule has 4 aromatic rings. The third-order valence-electron chi connectivity index (χ3n) is 5.28. The van der Waals surface area contributed by atoms with Gasteiger partial charge in [-0.25, -0.2) is 0 Å². The number of nitrogens with two attached hydrogens (primary N) is 1. The van der Waals surface area contributed by atoms with Crippen LogP contribution in [-0.2, 0) is 12.6 Å². The molecular weight excluding hydrogens is 431 g/mol. The summed E-state index contributed by atoms with van der Waals surface area (Å²) >= 11 is 0. The van der Waals surface area contributed by atoms with Crippen molar-refractivity contribution in [1.82, 2.24) is 4.57 Å². The third-order valence-corrected chi connectivity index (χ3v) is 5.28. The molecule has 0 aliphatic carbocycles. The Morgan fingerprint density at radius 3 is 2.39 bits per heavy atom. The molecule has 0 aliphatic heterocycles. The first-order chi connectivity index (χ1) is 15.8. The van der Waals surface area contributed by atoms with Crippen LogP contribution in [0.15, 0.2) is 72.9 Å². The van der Waals surface area contributed by atoms with Gasteiger partial charge in [0.15, 0.2) is 0 Å². The Kier molecular flexibility index (Phi) is 6.09. The third kappa shape index (κ3) is 4.70. The first-order valence-corrected chi connectivity index (χ1v) is 10.1. The summed E-state index contributed by atoms with van der Waals surface area (Å²) in [6.45, 7) is -0.108. The zero-order chi connectivity index (χ0) is 23.6. The Hall–Kier alpha value is -3.80. The second-order valence-corrected chi connectivity index (χ2v) is 7.60. The van der Waals surface area contributed by atoms with Crippen molar-refractivity contribution in [1.29, 1.82) is 5.26 Å². The minimum absolute atomic E-state index is 0.108. The number of benzene rings is 3. The first-order valence-electron chi connectivity index (χ1n) is 10.1. The van der Waals surface area contributed by atoms with E-state index in [4.69, 9.17) is 15.7 Å². The molecule has 1 unspecified atom stereocenters. The lowest BCUT2D eigenvalue weighted by molar-refractivity contribution is -0.137. The maximum atomic E-state index is 13.0. The van der Waals surface area contributed by atoms with E-state index in [0.29, 0.717) is 12.2 Å². The Morgan fingerprint density at radius 2 is 1.73 bits per heavy atom. The summed E-state index contributed by atoms with van der Waals surface area (Å²) in [5.74, 6) is 0.556. The van der Waals surface area contributed by atoms with Crippen LogP contribution in [0, 0.1) is 11.3 Å². The number of nitriles is 1. The first kappa shape index (κ1) is 22.4. The Balaban J connectivity index is 1.61. The number of aliphatic hydroxyl groups is 1. The van der Waals surface area contributed by atoms with Gasteiger partial charge >= 0.3 is 6.18 Å². The van der Waals surface area contributed by atoms with Crippen LogP contribution >= 0.6 is 0 Å². The van der Waals surface area contributed by atoms with Crippen LogP contribution in [0.25, 0.3) is 16.6 Å². The zero-order valence-corrected chi connectivity index (χ0v) is 17.4. The molecule has 1 atom stereocenters. The van der Waals surface area contributed by atoms with Crippen molar-refractivity contribution in [3.8, 4) is 23.3 Å². The van der Waals surface area contributed by atoms with Crippen LogP contribution in [-0.4, -0.2) is 22.3 Å². The lowest BCUT2D eigenvalue weighted by Crippen LogP contribution is -2.26. The van der Waals surface area contributed by atoms with E-state index in [1.165, 1.54) is 6.07 Å². The van der Waals surface area contributed by atoms with Gasteiger partial charge in [0.25, 0.3) is 0 Å². The Morgan fingerprint density at radius 1 is 1.03 bits per heavy atom. The molecule has 0 saturated heterocycles. The summed E-state index contributed by atoms with van der Waals surface area (Å²) in [6, 6.07) is 19.2. The second-order valence-electron chi connectivity index (χ2n) is 7.60. The summed E-state index contributed by atoms with van der Waals surface area (Å²) < 4.78 is 46.6. The van der Waals surface area contributed by atoms with Crippen LogP contribution in [0.4, 0.5) is 13.2 Å². The van der Waals surface area contributed by atoms with Gasteiger partial charge in [-0.1, -0.05) is 18.2 Å². The SMILES string of the molecule is N#Cc1cc(Oc2ccc(-n3cc(CC(N)CO)c4ccccc43)cc2)ccc1C(F)(F)F. The topological polar surface area (TPSA) is 84.2 Å². The van der Waals surface area contributed by atoms with Crippen LogP contribution in [0.2, 0.25) is 0 Å². The van der Waals surface area contributed by atoms with E-state index < -0.39 is 17.3 Å². The fraction of sp³-hybridized carbons (Fsp3) is 0.160. The molecular formula is C25H20F3N3O2. The molecule has 0 fully saturated rings. The van der Waals surface area contributed by atoms with Gasteiger partial charge in [-0.05, 0) is 60.5 Å². The van der Waals surface area contributed by atoms with Crippen molar-refractivity contribution < 1.29 is 23.0 Å². The molecule has 5 nitrogen and oxygen atoms in total. The number of aromatic nitrogens is 1. The normalized spacial score (nSPS) is 12.5. The van der Waals surface area contributed by atoms with Gasteiger partial charge in [0, 0.05) is 23.3 Å². The van der Waals surface area contributed by atoms with Crippen molar-refractivity contribution in [2.24, 2.45) is 5.73 Å². The van der Waals surface area contributed by atoms with E-state index in [9.17, 15) is 18.3 Å². The number of para-hydroxylation sites is 1. The monoisotopic (exact) mass is 451 g/mol. The molecule has 33 heavy (non-hydrogen) atoms. The highest BCUT2D eigenvalue weighted by molar-refractivity contribution is 5.85. The molecule has 1 aromatic heterocycles. The molecule has 0 saturated carbocycles. The predicted octanol–water partition coefficient (Wildman–Crippen LogP) is 5.18. The maximum Gasteiger partial charge on any atom is 0.417 e. The molecule has 8 heteroatoms. The van der Waals surface area contributed by atoms with E-state index in [2.05, 4.69) is 0 Å². The fourth-order valence-electron chi connectivity index (χ4n) is 3.71. The highest BCUT2D eigenvalue weighted by Gasteiger charge is 2.33. The van der Waals surface area contributed by atoms with E-state index >= 15 is 0 Å². The fourth-order valence-corrected chi connectivity index (χ4v) is 3.71. The van der Waals surface area contributed by atoms with Crippen molar-refractivity contribution in [2.45, 2.75) is 18.6 Å². The number of ether oxygens (including phenoxy) is 1. The van der Waals surface area contributed by atoms with Gasteiger partial charge in [0.1, 0.15) is 11.5 Å². The summed E-state index contributed by atoms with van der Waals surface area (Å²) in [7, 11) is 0. The predicted molar refractivity (Wildman–Crippen MR) is 118 cm³/mol. The molecule has 0 aliphatic rings. The Labute approximate surface area is 188 Å². The van der Waals surface area contributed by atoms with E-state index in [-0.39, 0.29) is 18.4 Å². The van der Waals surface area contributed by atoms with E-state index in [1.54, 1.807) is 18.2 Å². The smallest absolute Gasteiger partial charge is 0.417 e. The van der Waals surface area contributed by atoms with Crippen molar-refractivity contribution >= 4 is 10.9 Å². The number of hydrogen-bond donors (Lipinski definition) is 2. The highest BCUT2D eigenvalue weighted by Crippen LogP contribution is 2.35. The molecule has 3 N–H and O–H groups in total. The zero-order valence-electron chi connectivity index (χ0n) is 17.4. The molecule has 168 valence electrons. The van der Waals surface area contributed by atoms with E-state index in [1.807, 2.05) is 47.2 Å². The molecule has 0 radical (unpaired) electrons. The van der Waals surface area contributed by atoms with Gasteiger partial charge in [-0.3, -0.25) is 0 Å². The molecule has 4 rings (SSSR count). The van der Waals surface area contributed by atoms with Crippen LogP contribution < -0.4 is 10.5 Å². The summed E-state index contributed by atoms with van der Waals surface area (Å²) in [5, 5.41) is 19.4. The molecule has 0 amide bonds. The summed E-state index contributed by atoms with van der Waals surface area (Å²) in [5.41, 5.74) is 7.29. The number of halogens is 3. The lowest BCUT2D eigenvalue weighted by atomic mass is 10.1. The Bertz CT molecular complexity index is 1320. The number of nitrogens with zero attached hydrogens (tertiary/aromatic N) is 2. The van der Waals surface area contributed by atoms with Gasteiger partial charge in [0.05, 0.1) is 29.3 Å². The summed E-state index contributed by atoms with van der Waals surface area (Å²) in [4.78, 5) is 0. The largest absolute Gasteiger partial charge is 0.457 e. The van der Waals surface area contributed by atoms with Gasteiger partial charge in [0.2, 0.25) is 0 Å². The quantitative estimate of drug-likeness (QED) is 0.423. The average molecular weight is 451 g/mol. The molecule has 0 spiro atoms. The second kappa shape index (κ2) is 8.98. The molecule has 0 bridgehead atoms. The number of alkyl halides is 3. The van der Waals surface area contributed by atoms with Gasteiger partial charge < -0.3 is 20.1 Å². The van der Waals surface area contributed by atoms with Crippen LogP contribution in [0.5, 0.6) is 11.5 Å². The minimum atomic E-state index is -4.61. The highest BCUT2D eigenvalue weighted by atomic mass is 19.4. The number of fused-ring (bicyclic) bond motifs is 1. The standard InChI is InChI=1S/C25H20F3N3O2/c26-25(27,28)23-10-9-21(12-16(23)13-29)33-20-7-5-19(6-8-20)31-14-17(11-18(30)15-32)22-3-1-2-4-24(22)31/h1-10,12,14,18,32H,11,15,30H2. The van der Waals surface area contributed by atoms with Gasteiger partial charge in [-0.15, -0.1) is 0 Å². The van der Waals surface area contributed by atoms with E-state index in [0.717, 1.165) is 34.3 Å². The summed E-state index contributed by atoms with van der Waals surface area (Å²) in [6.07, 6.45) is -2.10. The van der Waals surface area contributed by atoms with Crippen molar-refractivity contribution in [2.75, 3.05) is 6.61 Å². The van der Waals surface area contributed by atoms with Crippen LogP contribution in [0.1, 0.15) is 16.7 Å². The van der Waals surface area contributed by atoms with Crippen molar-refractivity contribution in [3.05, 3.63) is 89.6 Å². The molecule has 1 heterocycles. The number of rotatable bonds is 6. The molecule has 3 aromatic carbocycles. The lowest BCUT2D eigenvalue weighted by Gasteiger charge is -2.12.